The van der Waals surface area contributed by atoms with Gasteiger partial charge in [-0.2, -0.15) is 0 Å². The fraction of sp³-hybridized carbons (Fsp3) is 0.217. The van der Waals surface area contributed by atoms with Crippen molar-refractivity contribution in [1.29, 1.82) is 0 Å². The van der Waals surface area contributed by atoms with Gasteiger partial charge >= 0.3 is 0 Å². The van der Waals surface area contributed by atoms with E-state index in [4.69, 9.17) is 26.1 Å². The number of thiophene rings is 1. The summed E-state index contributed by atoms with van der Waals surface area (Å²) >= 11 is 9.18. The lowest BCUT2D eigenvalue weighted by Gasteiger charge is -2.13. The van der Waals surface area contributed by atoms with Gasteiger partial charge in [0.05, 0.1) is 29.8 Å². The zero-order valence-corrected chi connectivity index (χ0v) is 19.7. The van der Waals surface area contributed by atoms with Crippen molar-refractivity contribution in [3.8, 4) is 17.2 Å². The minimum absolute atomic E-state index is 0.0634. The maximum atomic E-state index is 13.5. The number of para-hydroxylation sites is 1. The molecule has 160 valence electrons. The Morgan fingerprint density at radius 1 is 1.13 bits per heavy atom. The third-order valence-electron chi connectivity index (χ3n) is 4.91. The number of ether oxygens (including phenoxy) is 2. The summed E-state index contributed by atoms with van der Waals surface area (Å²) < 4.78 is 12.7. The predicted octanol–water partition coefficient (Wildman–Crippen LogP) is 5.90. The van der Waals surface area contributed by atoms with Crippen molar-refractivity contribution in [1.82, 2.24) is 9.55 Å². The Hall–Kier alpha value is -2.48. The van der Waals surface area contributed by atoms with E-state index in [1.165, 1.54) is 11.8 Å². The van der Waals surface area contributed by atoms with Gasteiger partial charge in [0, 0.05) is 10.6 Å². The lowest BCUT2D eigenvalue weighted by molar-refractivity contribution is 0.344. The van der Waals surface area contributed by atoms with Gasteiger partial charge in [-0.05, 0) is 55.8 Å². The van der Waals surface area contributed by atoms with Crippen molar-refractivity contribution in [3.63, 3.8) is 0 Å². The van der Waals surface area contributed by atoms with E-state index in [0.717, 1.165) is 26.7 Å². The maximum Gasteiger partial charge on any atom is 0.267 e. The molecule has 4 aromatic rings. The first-order chi connectivity index (χ1) is 15.0. The summed E-state index contributed by atoms with van der Waals surface area (Å²) in [6, 6.07) is 14.8. The lowest BCUT2D eigenvalue weighted by atomic mass is 10.2. The van der Waals surface area contributed by atoms with Crippen LogP contribution in [-0.2, 0) is 0 Å². The van der Waals surface area contributed by atoms with E-state index < -0.39 is 0 Å². The van der Waals surface area contributed by atoms with Crippen LogP contribution in [0.15, 0.2) is 58.5 Å². The summed E-state index contributed by atoms with van der Waals surface area (Å²) in [7, 11) is 1.62. The summed E-state index contributed by atoms with van der Waals surface area (Å²) in [5.74, 6) is 1.99. The normalized spacial score (nSPS) is 11.1. The topological polar surface area (TPSA) is 53.4 Å². The largest absolute Gasteiger partial charge is 0.497 e. The molecule has 5 nitrogen and oxygen atoms in total. The number of hydrogen-bond donors (Lipinski definition) is 0. The standard InChI is InChI=1S/C23H21ClN2O3S2/c1-14-15(2)31-21-20(14)22(27)26(16-8-10-17(28-3)11-9-16)23(25-21)30-13-12-29-19-7-5-4-6-18(19)24/h4-11H,12-13H2,1-3H3. The van der Waals surface area contributed by atoms with Gasteiger partial charge in [-0.1, -0.05) is 35.5 Å². The molecule has 8 heteroatoms. The molecule has 0 saturated heterocycles. The first kappa shape index (κ1) is 21.7. The van der Waals surface area contributed by atoms with Gasteiger partial charge in [0.1, 0.15) is 16.3 Å². The van der Waals surface area contributed by atoms with E-state index >= 15 is 0 Å². The number of methoxy groups -OCH3 is 1. The van der Waals surface area contributed by atoms with Crippen LogP contribution in [0.5, 0.6) is 11.5 Å². The van der Waals surface area contributed by atoms with E-state index in [2.05, 4.69) is 0 Å². The summed E-state index contributed by atoms with van der Waals surface area (Å²) in [5.41, 5.74) is 1.67. The minimum atomic E-state index is -0.0634. The van der Waals surface area contributed by atoms with Crippen LogP contribution in [-0.4, -0.2) is 29.0 Å². The number of fused-ring (bicyclic) bond motifs is 1. The summed E-state index contributed by atoms with van der Waals surface area (Å²) in [6.45, 7) is 4.43. The van der Waals surface area contributed by atoms with Crippen molar-refractivity contribution in [3.05, 3.63) is 74.3 Å². The molecule has 0 atom stereocenters. The van der Waals surface area contributed by atoms with Gasteiger partial charge in [-0.15, -0.1) is 11.3 Å². The van der Waals surface area contributed by atoms with Crippen LogP contribution in [0.4, 0.5) is 0 Å². The average Bonchev–Trinajstić information content (AvgIpc) is 3.06. The fourth-order valence-electron chi connectivity index (χ4n) is 3.18. The molecule has 4 rings (SSSR count). The van der Waals surface area contributed by atoms with Crippen LogP contribution in [0.1, 0.15) is 10.4 Å². The van der Waals surface area contributed by atoms with E-state index in [1.54, 1.807) is 29.1 Å². The molecule has 0 aliphatic carbocycles. The molecule has 0 aliphatic heterocycles. The number of rotatable bonds is 7. The van der Waals surface area contributed by atoms with Gasteiger partial charge in [-0.3, -0.25) is 9.36 Å². The Bertz CT molecular complexity index is 1280. The Morgan fingerprint density at radius 2 is 1.87 bits per heavy atom. The van der Waals surface area contributed by atoms with Gasteiger partial charge in [0.25, 0.3) is 5.56 Å². The van der Waals surface area contributed by atoms with Crippen molar-refractivity contribution >= 4 is 44.9 Å². The lowest BCUT2D eigenvalue weighted by Crippen LogP contribution is -2.22. The zero-order valence-electron chi connectivity index (χ0n) is 17.3. The zero-order chi connectivity index (χ0) is 22.0. The Labute approximate surface area is 193 Å². The molecule has 2 heterocycles. The highest BCUT2D eigenvalue weighted by atomic mass is 35.5. The number of thioether (sulfide) groups is 1. The van der Waals surface area contributed by atoms with Crippen molar-refractivity contribution in [2.45, 2.75) is 19.0 Å². The SMILES string of the molecule is COc1ccc(-n2c(SCCOc3ccccc3Cl)nc3sc(C)c(C)c3c2=O)cc1. The molecule has 0 unspecified atom stereocenters. The Morgan fingerprint density at radius 3 is 2.58 bits per heavy atom. The number of benzene rings is 2. The molecule has 0 fully saturated rings. The average molecular weight is 473 g/mol. The van der Waals surface area contributed by atoms with Crippen molar-refractivity contribution in [2.24, 2.45) is 0 Å². The third kappa shape index (κ3) is 4.44. The molecular formula is C23H21ClN2O3S2. The molecule has 0 radical (unpaired) electrons. The molecule has 2 aromatic heterocycles. The number of aryl methyl sites for hydroxylation is 2. The van der Waals surface area contributed by atoms with E-state index in [-0.39, 0.29) is 5.56 Å². The first-order valence-electron chi connectivity index (χ1n) is 9.67. The Kier molecular flexibility index (Phi) is 6.55. The van der Waals surface area contributed by atoms with Crippen LogP contribution in [0.25, 0.3) is 15.9 Å². The van der Waals surface area contributed by atoms with Crippen molar-refractivity contribution < 1.29 is 9.47 Å². The molecular weight excluding hydrogens is 452 g/mol. The van der Waals surface area contributed by atoms with E-state index in [9.17, 15) is 4.79 Å². The molecule has 31 heavy (non-hydrogen) atoms. The highest BCUT2D eigenvalue weighted by molar-refractivity contribution is 7.99. The second-order valence-corrected chi connectivity index (χ2v) is 9.50. The smallest absolute Gasteiger partial charge is 0.267 e. The molecule has 0 bridgehead atoms. The number of nitrogens with zero attached hydrogens (tertiary/aromatic N) is 2. The second-order valence-electron chi connectivity index (χ2n) is 6.82. The highest BCUT2D eigenvalue weighted by Gasteiger charge is 2.18. The number of halogens is 1. The second kappa shape index (κ2) is 9.34. The van der Waals surface area contributed by atoms with Crippen LogP contribution in [0.3, 0.4) is 0 Å². The summed E-state index contributed by atoms with van der Waals surface area (Å²) in [5, 5.41) is 1.88. The third-order valence-corrected chi connectivity index (χ3v) is 7.23. The van der Waals surface area contributed by atoms with Crippen LogP contribution in [0.2, 0.25) is 5.02 Å². The van der Waals surface area contributed by atoms with Crippen LogP contribution < -0.4 is 15.0 Å². The molecule has 0 N–H and O–H groups in total. The van der Waals surface area contributed by atoms with Gasteiger partial charge in [0.15, 0.2) is 5.16 Å². The summed E-state index contributed by atoms with van der Waals surface area (Å²) in [6.07, 6.45) is 0. The number of aromatic nitrogens is 2. The fourth-order valence-corrected chi connectivity index (χ4v) is 5.27. The molecule has 0 aliphatic rings. The quantitative estimate of drug-likeness (QED) is 0.190. The number of hydrogen-bond acceptors (Lipinski definition) is 6. The van der Waals surface area contributed by atoms with Crippen LogP contribution in [0, 0.1) is 13.8 Å². The molecule has 0 spiro atoms. The highest BCUT2D eigenvalue weighted by Crippen LogP contribution is 2.30. The van der Waals surface area contributed by atoms with E-state index in [1.807, 2.05) is 56.3 Å². The van der Waals surface area contributed by atoms with Gasteiger partial charge in [-0.25, -0.2) is 4.98 Å². The van der Waals surface area contributed by atoms with E-state index in [0.29, 0.717) is 33.7 Å². The monoisotopic (exact) mass is 472 g/mol. The summed E-state index contributed by atoms with van der Waals surface area (Å²) in [4.78, 5) is 20.2. The van der Waals surface area contributed by atoms with Crippen molar-refractivity contribution in [2.75, 3.05) is 19.5 Å². The molecule has 0 amide bonds. The first-order valence-corrected chi connectivity index (χ1v) is 11.8. The predicted molar refractivity (Wildman–Crippen MR) is 129 cm³/mol. The maximum absolute atomic E-state index is 13.5. The Balaban J connectivity index is 1.67. The van der Waals surface area contributed by atoms with Gasteiger partial charge < -0.3 is 9.47 Å². The molecule has 2 aromatic carbocycles. The molecule has 0 saturated carbocycles. The minimum Gasteiger partial charge on any atom is -0.497 e. The van der Waals surface area contributed by atoms with Crippen LogP contribution >= 0.6 is 34.7 Å². The van der Waals surface area contributed by atoms with Gasteiger partial charge in [0.2, 0.25) is 0 Å².